The monoisotopic (exact) mass is 296 g/mol. The van der Waals surface area contributed by atoms with Gasteiger partial charge in [-0.05, 0) is 37.1 Å². The van der Waals surface area contributed by atoms with Crippen LogP contribution in [0.3, 0.4) is 0 Å². The van der Waals surface area contributed by atoms with Gasteiger partial charge in [0.15, 0.2) is 0 Å². The molecule has 1 aromatic rings. The molecule has 2 amide bonds. The molecule has 0 aromatic heterocycles. The van der Waals surface area contributed by atoms with Crippen molar-refractivity contribution < 1.29 is 18.7 Å². The normalized spacial score (nSPS) is 10.2. The van der Waals surface area contributed by atoms with Gasteiger partial charge in [-0.3, -0.25) is 9.59 Å². The van der Waals surface area contributed by atoms with Crippen molar-refractivity contribution in [1.82, 2.24) is 5.32 Å². The van der Waals surface area contributed by atoms with E-state index < -0.39 is 17.6 Å². The number of halogens is 1. The van der Waals surface area contributed by atoms with Gasteiger partial charge in [-0.15, -0.1) is 0 Å². The lowest BCUT2D eigenvalue weighted by molar-refractivity contribution is -0.136. The molecule has 21 heavy (non-hydrogen) atoms. The molecule has 1 aromatic carbocycles. The molecule has 0 heterocycles. The largest absolute Gasteiger partial charge is 0.381 e. The second kappa shape index (κ2) is 9.88. The maximum absolute atomic E-state index is 12.7. The van der Waals surface area contributed by atoms with Crippen molar-refractivity contribution in [3.05, 3.63) is 30.1 Å². The molecule has 0 saturated carbocycles. The zero-order valence-electron chi connectivity index (χ0n) is 12.2. The minimum absolute atomic E-state index is 0.374. The predicted octanol–water partition coefficient (Wildman–Crippen LogP) is 2.09. The molecular formula is C15H21FN2O3. The number of carbonyl (C=O) groups is 2. The summed E-state index contributed by atoms with van der Waals surface area (Å²) >= 11 is 0. The van der Waals surface area contributed by atoms with E-state index in [1.807, 2.05) is 0 Å². The van der Waals surface area contributed by atoms with E-state index in [2.05, 4.69) is 17.6 Å². The van der Waals surface area contributed by atoms with Gasteiger partial charge in [-0.1, -0.05) is 13.3 Å². The fourth-order valence-electron chi connectivity index (χ4n) is 1.53. The fourth-order valence-corrected chi connectivity index (χ4v) is 1.53. The summed E-state index contributed by atoms with van der Waals surface area (Å²) in [4.78, 5) is 23.1. The average Bonchev–Trinajstić information content (AvgIpc) is 2.48. The predicted molar refractivity (Wildman–Crippen MR) is 78.4 cm³/mol. The van der Waals surface area contributed by atoms with Crippen LogP contribution in [0.2, 0.25) is 0 Å². The molecule has 1 rings (SSSR count). The van der Waals surface area contributed by atoms with Gasteiger partial charge in [-0.25, -0.2) is 4.39 Å². The Kier molecular flexibility index (Phi) is 8.04. The molecule has 0 radical (unpaired) electrons. The van der Waals surface area contributed by atoms with E-state index in [4.69, 9.17) is 4.74 Å². The van der Waals surface area contributed by atoms with Crippen molar-refractivity contribution >= 4 is 17.5 Å². The molecule has 0 saturated heterocycles. The second-order valence-electron chi connectivity index (χ2n) is 4.54. The van der Waals surface area contributed by atoms with Gasteiger partial charge >= 0.3 is 11.8 Å². The molecule has 6 heteroatoms. The maximum atomic E-state index is 12.7. The third-order valence-corrected chi connectivity index (χ3v) is 2.70. The van der Waals surface area contributed by atoms with E-state index in [0.29, 0.717) is 25.3 Å². The highest BCUT2D eigenvalue weighted by Gasteiger charge is 2.12. The quantitative estimate of drug-likeness (QED) is 0.570. The first-order chi connectivity index (χ1) is 10.1. The SMILES string of the molecule is CCCCOCCCNC(=O)C(=O)Nc1ccc(F)cc1. The number of rotatable bonds is 8. The minimum Gasteiger partial charge on any atom is -0.381 e. The van der Waals surface area contributed by atoms with Crippen LogP contribution in [-0.2, 0) is 14.3 Å². The maximum Gasteiger partial charge on any atom is 0.313 e. The van der Waals surface area contributed by atoms with Crippen molar-refractivity contribution in [2.24, 2.45) is 0 Å². The first-order valence-electron chi connectivity index (χ1n) is 7.06. The molecule has 0 aliphatic heterocycles. The molecule has 0 aliphatic rings. The molecule has 2 N–H and O–H groups in total. The molecule has 0 bridgehead atoms. The Morgan fingerprint density at radius 3 is 2.43 bits per heavy atom. The van der Waals surface area contributed by atoms with Crippen LogP contribution in [0.4, 0.5) is 10.1 Å². The van der Waals surface area contributed by atoms with Gasteiger partial charge in [0.25, 0.3) is 0 Å². The van der Waals surface area contributed by atoms with E-state index in [-0.39, 0.29) is 0 Å². The van der Waals surface area contributed by atoms with Crippen LogP contribution in [0.25, 0.3) is 0 Å². The molecule has 5 nitrogen and oxygen atoms in total. The first-order valence-corrected chi connectivity index (χ1v) is 7.06. The summed E-state index contributed by atoms with van der Waals surface area (Å²) < 4.78 is 18.0. The van der Waals surface area contributed by atoms with Gasteiger partial charge in [0.1, 0.15) is 5.82 Å². The summed E-state index contributed by atoms with van der Waals surface area (Å²) in [6, 6.07) is 5.20. The molecule has 0 aliphatic carbocycles. The molecule has 0 unspecified atom stereocenters. The Bertz CT molecular complexity index is 449. The van der Waals surface area contributed by atoms with Crippen molar-refractivity contribution in [1.29, 1.82) is 0 Å². The van der Waals surface area contributed by atoms with Crippen LogP contribution in [-0.4, -0.2) is 31.6 Å². The lowest BCUT2D eigenvalue weighted by atomic mass is 10.3. The van der Waals surface area contributed by atoms with Crippen LogP contribution in [0.5, 0.6) is 0 Å². The summed E-state index contributed by atoms with van der Waals surface area (Å²) in [5.74, 6) is -1.89. The van der Waals surface area contributed by atoms with Gasteiger partial charge < -0.3 is 15.4 Å². The number of hydrogen-bond acceptors (Lipinski definition) is 3. The highest BCUT2D eigenvalue weighted by Crippen LogP contribution is 2.07. The Morgan fingerprint density at radius 1 is 1.10 bits per heavy atom. The lowest BCUT2D eigenvalue weighted by Crippen LogP contribution is -2.36. The van der Waals surface area contributed by atoms with E-state index in [9.17, 15) is 14.0 Å². The van der Waals surface area contributed by atoms with E-state index in [0.717, 1.165) is 19.4 Å². The van der Waals surface area contributed by atoms with Crippen molar-refractivity contribution in [3.63, 3.8) is 0 Å². The number of amides is 2. The molecule has 0 spiro atoms. The number of nitrogens with one attached hydrogen (secondary N) is 2. The molecule has 0 atom stereocenters. The summed E-state index contributed by atoms with van der Waals surface area (Å²) in [6.45, 7) is 3.74. The van der Waals surface area contributed by atoms with Crippen LogP contribution >= 0.6 is 0 Å². The fraction of sp³-hybridized carbons (Fsp3) is 0.467. The number of anilines is 1. The van der Waals surface area contributed by atoms with Gasteiger partial charge in [-0.2, -0.15) is 0 Å². The number of carbonyl (C=O) groups excluding carboxylic acids is 2. The zero-order valence-corrected chi connectivity index (χ0v) is 12.2. The van der Waals surface area contributed by atoms with Crippen LogP contribution in [0, 0.1) is 5.82 Å². The van der Waals surface area contributed by atoms with E-state index in [1.165, 1.54) is 24.3 Å². The van der Waals surface area contributed by atoms with Crippen LogP contribution in [0.1, 0.15) is 26.2 Å². The smallest absolute Gasteiger partial charge is 0.313 e. The average molecular weight is 296 g/mol. The Labute approximate surface area is 123 Å². The van der Waals surface area contributed by atoms with Crippen molar-refractivity contribution in [2.45, 2.75) is 26.2 Å². The number of benzene rings is 1. The van der Waals surface area contributed by atoms with Gasteiger partial charge in [0, 0.05) is 25.4 Å². The second-order valence-corrected chi connectivity index (χ2v) is 4.54. The number of unbranched alkanes of at least 4 members (excludes halogenated alkanes) is 1. The molecule has 116 valence electrons. The van der Waals surface area contributed by atoms with E-state index in [1.54, 1.807) is 0 Å². The van der Waals surface area contributed by atoms with E-state index >= 15 is 0 Å². The zero-order chi connectivity index (χ0) is 15.5. The third-order valence-electron chi connectivity index (χ3n) is 2.70. The summed E-state index contributed by atoms with van der Waals surface area (Å²) in [5, 5.41) is 4.89. The minimum atomic E-state index is -0.770. The highest BCUT2D eigenvalue weighted by molar-refractivity contribution is 6.39. The summed E-state index contributed by atoms with van der Waals surface area (Å²) in [5.41, 5.74) is 0.374. The first kappa shape index (κ1) is 17.1. The Morgan fingerprint density at radius 2 is 1.76 bits per heavy atom. The van der Waals surface area contributed by atoms with Crippen LogP contribution < -0.4 is 10.6 Å². The lowest BCUT2D eigenvalue weighted by Gasteiger charge is -2.07. The number of hydrogen-bond donors (Lipinski definition) is 2. The number of ether oxygens (including phenoxy) is 1. The summed E-state index contributed by atoms with van der Waals surface area (Å²) in [6.07, 6.45) is 2.76. The molecule has 0 fully saturated rings. The van der Waals surface area contributed by atoms with Gasteiger partial charge in [0.2, 0.25) is 0 Å². The third kappa shape index (κ3) is 7.41. The topological polar surface area (TPSA) is 67.4 Å². The highest BCUT2D eigenvalue weighted by atomic mass is 19.1. The Hall–Kier alpha value is -1.95. The Balaban J connectivity index is 2.16. The van der Waals surface area contributed by atoms with Crippen molar-refractivity contribution in [3.8, 4) is 0 Å². The summed E-state index contributed by atoms with van der Waals surface area (Å²) in [7, 11) is 0. The molecular weight excluding hydrogens is 275 g/mol. The standard InChI is InChI=1S/C15H21FN2O3/c1-2-3-10-21-11-4-9-17-14(19)15(20)18-13-7-5-12(16)6-8-13/h5-8H,2-4,9-11H2,1H3,(H,17,19)(H,18,20). The van der Waals surface area contributed by atoms with Crippen LogP contribution in [0.15, 0.2) is 24.3 Å². The van der Waals surface area contributed by atoms with Gasteiger partial charge in [0.05, 0.1) is 0 Å². The van der Waals surface area contributed by atoms with Crippen molar-refractivity contribution in [2.75, 3.05) is 25.1 Å².